The van der Waals surface area contributed by atoms with E-state index in [1.807, 2.05) is 60.0 Å². The van der Waals surface area contributed by atoms with Gasteiger partial charge in [-0.25, -0.2) is 4.98 Å². The Bertz CT molecular complexity index is 1150. The standard InChI is InChI=1S/C22H19N3O2S/c26-22-17-14-25(11-10-18(17)23-21(24-22)20-7-4-12-28-20)13-16-8-9-19(27-16)15-5-2-1-3-6-15/h1-9,12H,10-11,13-14H2,(H,23,24,26). The molecular formula is C22H19N3O2S. The maximum atomic E-state index is 12.6. The number of hydrogen-bond acceptors (Lipinski definition) is 5. The molecular weight excluding hydrogens is 370 g/mol. The van der Waals surface area contributed by atoms with E-state index in [0.29, 0.717) is 18.9 Å². The Kier molecular flexibility index (Phi) is 4.43. The highest BCUT2D eigenvalue weighted by molar-refractivity contribution is 7.13. The fourth-order valence-electron chi connectivity index (χ4n) is 3.59. The van der Waals surface area contributed by atoms with Gasteiger partial charge in [-0.2, -0.15) is 0 Å². The third-order valence-electron chi connectivity index (χ3n) is 5.00. The van der Waals surface area contributed by atoms with E-state index in [1.54, 1.807) is 11.3 Å². The van der Waals surface area contributed by atoms with Gasteiger partial charge in [0.2, 0.25) is 0 Å². The third kappa shape index (κ3) is 3.32. The molecule has 4 heterocycles. The zero-order valence-corrected chi connectivity index (χ0v) is 16.0. The molecule has 1 aliphatic rings. The molecule has 1 N–H and O–H groups in total. The summed E-state index contributed by atoms with van der Waals surface area (Å²) in [6.07, 6.45) is 0.768. The summed E-state index contributed by atoms with van der Waals surface area (Å²) < 4.78 is 6.02. The lowest BCUT2D eigenvalue weighted by molar-refractivity contribution is 0.223. The molecule has 0 amide bonds. The molecule has 0 saturated carbocycles. The summed E-state index contributed by atoms with van der Waals surface area (Å²) in [6.45, 7) is 2.12. The highest BCUT2D eigenvalue weighted by Gasteiger charge is 2.22. The Morgan fingerprint density at radius 1 is 1.11 bits per heavy atom. The number of nitrogens with zero attached hydrogens (tertiary/aromatic N) is 2. The summed E-state index contributed by atoms with van der Waals surface area (Å²) in [7, 11) is 0. The van der Waals surface area contributed by atoms with Crippen LogP contribution in [0.5, 0.6) is 0 Å². The fraction of sp³-hybridized carbons (Fsp3) is 0.182. The van der Waals surface area contributed by atoms with Crippen molar-refractivity contribution in [3.05, 3.63) is 87.3 Å². The lowest BCUT2D eigenvalue weighted by Gasteiger charge is -2.26. The van der Waals surface area contributed by atoms with Crippen molar-refractivity contribution in [1.82, 2.24) is 14.9 Å². The third-order valence-corrected chi connectivity index (χ3v) is 5.88. The smallest absolute Gasteiger partial charge is 0.255 e. The lowest BCUT2D eigenvalue weighted by Crippen LogP contribution is -2.35. The van der Waals surface area contributed by atoms with Crippen LogP contribution in [-0.2, 0) is 19.5 Å². The topological polar surface area (TPSA) is 62.1 Å². The Hall–Kier alpha value is -2.96. The van der Waals surface area contributed by atoms with Crippen molar-refractivity contribution in [1.29, 1.82) is 0 Å². The van der Waals surface area contributed by atoms with Crippen LogP contribution < -0.4 is 5.56 Å². The number of thiophene rings is 1. The first-order valence-electron chi connectivity index (χ1n) is 9.29. The minimum absolute atomic E-state index is 0.0393. The van der Waals surface area contributed by atoms with Gasteiger partial charge in [-0.05, 0) is 23.6 Å². The molecule has 5 rings (SSSR count). The van der Waals surface area contributed by atoms with E-state index in [4.69, 9.17) is 9.40 Å². The fourth-order valence-corrected chi connectivity index (χ4v) is 4.26. The SMILES string of the molecule is O=c1[nH]c(-c2cccs2)nc2c1CN(Cc1ccc(-c3ccccc3)o1)CC2. The first-order chi connectivity index (χ1) is 13.8. The average molecular weight is 389 g/mol. The van der Waals surface area contributed by atoms with Gasteiger partial charge in [0.25, 0.3) is 5.56 Å². The quantitative estimate of drug-likeness (QED) is 0.565. The summed E-state index contributed by atoms with van der Waals surface area (Å²) >= 11 is 1.58. The number of hydrogen-bond donors (Lipinski definition) is 1. The molecule has 0 aliphatic carbocycles. The van der Waals surface area contributed by atoms with E-state index in [2.05, 4.69) is 9.88 Å². The minimum atomic E-state index is -0.0393. The molecule has 28 heavy (non-hydrogen) atoms. The second-order valence-electron chi connectivity index (χ2n) is 6.91. The first kappa shape index (κ1) is 17.2. The van der Waals surface area contributed by atoms with Gasteiger partial charge in [0.05, 0.1) is 22.7 Å². The van der Waals surface area contributed by atoms with E-state index < -0.39 is 0 Å². The lowest BCUT2D eigenvalue weighted by atomic mass is 10.1. The summed E-state index contributed by atoms with van der Waals surface area (Å²) in [5.74, 6) is 2.45. The Morgan fingerprint density at radius 2 is 2.00 bits per heavy atom. The predicted molar refractivity (Wildman–Crippen MR) is 110 cm³/mol. The summed E-state index contributed by atoms with van der Waals surface area (Å²) in [5.41, 5.74) is 2.70. The number of fused-ring (bicyclic) bond motifs is 1. The molecule has 0 saturated heterocycles. The van der Waals surface area contributed by atoms with E-state index in [-0.39, 0.29) is 5.56 Å². The van der Waals surface area contributed by atoms with Crippen LogP contribution in [0.2, 0.25) is 0 Å². The molecule has 3 aromatic heterocycles. The number of H-pyrrole nitrogens is 1. The van der Waals surface area contributed by atoms with Crippen LogP contribution in [0.15, 0.2) is 69.2 Å². The number of nitrogens with one attached hydrogen (secondary N) is 1. The van der Waals surface area contributed by atoms with Crippen molar-refractivity contribution in [3.63, 3.8) is 0 Å². The van der Waals surface area contributed by atoms with Crippen LogP contribution in [0.3, 0.4) is 0 Å². The largest absolute Gasteiger partial charge is 0.460 e. The van der Waals surface area contributed by atoms with Gasteiger partial charge in [0.15, 0.2) is 5.82 Å². The van der Waals surface area contributed by atoms with Crippen molar-refractivity contribution >= 4 is 11.3 Å². The molecule has 1 aliphatic heterocycles. The van der Waals surface area contributed by atoms with Gasteiger partial charge in [-0.15, -0.1) is 11.3 Å². The van der Waals surface area contributed by atoms with Gasteiger partial charge >= 0.3 is 0 Å². The minimum Gasteiger partial charge on any atom is -0.460 e. The number of furan rings is 1. The van der Waals surface area contributed by atoms with E-state index in [1.165, 1.54) is 0 Å². The zero-order chi connectivity index (χ0) is 18.9. The summed E-state index contributed by atoms with van der Waals surface area (Å²) in [6, 6.07) is 18.0. The monoisotopic (exact) mass is 389 g/mol. The van der Waals surface area contributed by atoms with E-state index in [0.717, 1.165) is 46.2 Å². The van der Waals surface area contributed by atoms with Gasteiger partial charge in [0, 0.05) is 25.1 Å². The van der Waals surface area contributed by atoms with Crippen molar-refractivity contribution < 1.29 is 4.42 Å². The average Bonchev–Trinajstić information content (AvgIpc) is 3.41. The Labute approximate surface area is 166 Å². The molecule has 0 bridgehead atoms. The highest BCUT2D eigenvalue weighted by Crippen LogP contribution is 2.25. The zero-order valence-electron chi connectivity index (χ0n) is 15.2. The highest BCUT2D eigenvalue weighted by atomic mass is 32.1. The van der Waals surface area contributed by atoms with E-state index >= 15 is 0 Å². The van der Waals surface area contributed by atoms with Gasteiger partial charge < -0.3 is 9.40 Å². The molecule has 0 unspecified atom stereocenters. The second-order valence-corrected chi connectivity index (χ2v) is 7.86. The molecule has 0 atom stereocenters. The normalized spacial score (nSPS) is 14.1. The summed E-state index contributed by atoms with van der Waals surface area (Å²) in [5, 5.41) is 1.99. The maximum Gasteiger partial charge on any atom is 0.255 e. The first-order valence-corrected chi connectivity index (χ1v) is 10.2. The molecule has 140 valence electrons. The molecule has 5 nitrogen and oxygen atoms in total. The van der Waals surface area contributed by atoms with Crippen LogP contribution in [0.25, 0.3) is 22.0 Å². The van der Waals surface area contributed by atoms with Crippen LogP contribution in [0.4, 0.5) is 0 Å². The van der Waals surface area contributed by atoms with Crippen LogP contribution in [-0.4, -0.2) is 21.4 Å². The Balaban J connectivity index is 1.34. The van der Waals surface area contributed by atoms with Crippen LogP contribution in [0.1, 0.15) is 17.0 Å². The molecule has 6 heteroatoms. The molecule has 1 aromatic carbocycles. The van der Waals surface area contributed by atoms with E-state index in [9.17, 15) is 4.79 Å². The van der Waals surface area contributed by atoms with Crippen molar-refractivity contribution in [3.8, 4) is 22.0 Å². The second kappa shape index (κ2) is 7.22. The molecule has 0 fully saturated rings. The van der Waals surface area contributed by atoms with Crippen LogP contribution in [0, 0.1) is 0 Å². The maximum absolute atomic E-state index is 12.6. The molecule has 4 aromatic rings. The van der Waals surface area contributed by atoms with Crippen molar-refractivity contribution in [2.24, 2.45) is 0 Å². The molecule has 0 radical (unpaired) electrons. The number of aromatic amines is 1. The van der Waals surface area contributed by atoms with Gasteiger partial charge in [0.1, 0.15) is 11.5 Å². The van der Waals surface area contributed by atoms with Gasteiger partial charge in [-0.3, -0.25) is 9.69 Å². The summed E-state index contributed by atoms with van der Waals surface area (Å²) in [4.78, 5) is 23.5. The number of aromatic nitrogens is 2. The van der Waals surface area contributed by atoms with Crippen molar-refractivity contribution in [2.75, 3.05) is 6.54 Å². The van der Waals surface area contributed by atoms with Crippen molar-refractivity contribution in [2.45, 2.75) is 19.5 Å². The Morgan fingerprint density at radius 3 is 2.82 bits per heavy atom. The predicted octanol–water partition coefficient (Wildman–Crippen LogP) is 4.32. The number of rotatable bonds is 4. The molecule has 0 spiro atoms. The van der Waals surface area contributed by atoms with Gasteiger partial charge in [-0.1, -0.05) is 36.4 Å². The number of benzene rings is 1. The van der Waals surface area contributed by atoms with Crippen LogP contribution >= 0.6 is 11.3 Å².